The fourth-order valence-corrected chi connectivity index (χ4v) is 2.49. The Balaban J connectivity index is 1.70. The van der Waals surface area contributed by atoms with Crippen molar-refractivity contribution >= 4 is 5.91 Å². The predicted octanol–water partition coefficient (Wildman–Crippen LogP) is 1.04. The van der Waals surface area contributed by atoms with E-state index >= 15 is 0 Å². The molecule has 0 aromatic rings. The first-order chi connectivity index (χ1) is 6.86. The molecule has 2 fully saturated rings. The van der Waals surface area contributed by atoms with Gasteiger partial charge in [-0.1, -0.05) is 12.8 Å². The summed E-state index contributed by atoms with van der Waals surface area (Å²) in [5.74, 6) is 1.03. The Hall–Kier alpha value is -0.570. The lowest BCUT2D eigenvalue weighted by atomic mass is 10.0. The topological polar surface area (TPSA) is 41.1 Å². The number of amides is 1. The standard InChI is InChI=1S/C11H20N2O/c14-11-10(6-3-7-12-11)13-8-9-4-1-2-5-9/h9-10,13H,1-8H2,(H,12,14). The Bertz CT molecular complexity index is 199. The minimum absolute atomic E-state index is 0.0874. The molecule has 2 aliphatic rings. The molecule has 1 heterocycles. The molecular weight excluding hydrogens is 176 g/mol. The van der Waals surface area contributed by atoms with E-state index in [1.54, 1.807) is 0 Å². The van der Waals surface area contributed by atoms with Crippen LogP contribution in [0.1, 0.15) is 38.5 Å². The number of carbonyl (C=O) groups is 1. The third-order valence-electron chi connectivity index (χ3n) is 3.41. The van der Waals surface area contributed by atoms with Gasteiger partial charge in [-0.05, 0) is 38.1 Å². The van der Waals surface area contributed by atoms with Gasteiger partial charge in [0.1, 0.15) is 0 Å². The van der Waals surface area contributed by atoms with Gasteiger partial charge in [0.2, 0.25) is 5.91 Å². The molecule has 1 atom stereocenters. The summed E-state index contributed by atoms with van der Waals surface area (Å²) in [7, 11) is 0. The molecule has 2 rings (SSSR count). The molecule has 3 nitrogen and oxygen atoms in total. The van der Waals surface area contributed by atoms with E-state index in [9.17, 15) is 4.79 Å². The maximum Gasteiger partial charge on any atom is 0.237 e. The number of hydrogen-bond acceptors (Lipinski definition) is 2. The molecule has 2 N–H and O–H groups in total. The minimum atomic E-state index is 0.0874. The van der Waals surface area contributed by atoms with Crippen molar-refractivity contribution in [2.75, 3.05) is 13.1 Å². The second-order valence-corrected chi connectivity index (χ2v) is 4.54. The van der Waals surface area contributed by atoms with Crippen LogP contribution in [0.15, 0.2) is 0 Å². The highest BCUT2D eigenvalue weighted by Crippen LogP contribution is 2.24. The molecule has 14 heavy (non-hydrogen) atoms. The van der Waals surface area contributed by atoms with Gasteiger partial charge >= 0.3 is 0 Å². The summed E-state index contributed by atoms with van der Waals surface area (Å²) >= 11 is 0. The lowest BCUT2D eigenvalue weighted by Gasteiger charge is -2.24. The summed E-state index contributed by atoms with van der Waals surface area (Å²) in [5, 5.41) is 6.31. The number of rotatable bonds is 3. The van der Waals surface area contributed by atoms with Gasteiger partial charge in [-0.15, -0.1) is 0 Å². The predicted molar refractivity (Wildman–Crippen MR) is 56.0 cm³/mol. The van der Waals surface area contributed by atoms with Crippen LogP contribution in [0.2, 0.25) is 0 Å². The minimum Gasteiger partial charge on any atom is -0.355 e. The number of piperidine rings is 1. The lowest BCUT2D eigenvalue weighted by Crippen LogP contribution is -2.49. The van der Waals surface area contributed by atoms with Gasteiger partial charge in [-0.3, -0.25) is 4.79 Å². The largest absolute Gasteiger partial charge is 0.355 e. The van der Waals surface area contributed by atoms with Gasteiger partial charge in [0.15, 0.2) is 0 Å². The maximum absolute atomic E-state index is 11.4. The highest BCUT2D eigenvalue weighted by Gasteiger charge is 2.23. The van der Waals surface area contributed by atoms with Gasteiger partial charge in [-0.25, -0.2) is 0 Å². The van der Waals surface area contributed by atoms with E-state index < -0.39 is 0 Å². The van der Waals surface area contributed by atoms with E-state index in [1.165, 1.54) is 25.7 Å². The quantitative estimate of drug-likeness (QED) is 0.708. The van der Waals surface area contributed by atoms with Crippen molar-refractivity contribution < 1.29 is 4.79 Å². The van der Waals surface area contributed by atoms with Gasteiger partial charge in [0.05, 0.1) is 6.04 Å². The first-order valence-electron chi connectivity index (χ1n) is 5.87. The Labute approximate surface area is 85.6 Å². The molecule has 1 aliphatic carbocycles. The smallest absolute Gasteiger partial charge is 0.237 e. The summed E-state index contributed by atoms with van der Waals surface area (Å²) in [4.78, 5) is 11.4. The molecule has 1 aliphatic heterocycles. The average Bonchev–Trinajstić information content (AvgIpc) is 2.69. The van der Waals surface area contributed by atoms with Crippen LogP contribution in [-0.4, -0.2) is 25.0 Å². The van der Waals surface area contributed by atoms with Crippen LogP contribution in [0.4, 0.5) is 0 Å². The molecule has 0 radical (unpaired) electrons. The summed E-state index contributed by atoms with van der Waals surface area (Å²) in [6, 6.07) is 0.0874. The van der Waals surface area contributed by atoms with Crippen LogP contribution in [-0.2, 0) is 4.79 Å². The third kappa shape index (κ3) is 2.47. The fourth-order valence-electron chi connectivity index (χ4n) is 2.49. The van der Waals surface area contributed by atoms with Crippen LogP contribution in [0, 0.1) is 5.92 Å². The summed E-state index contributed by atoms with van der Waals surface area (Å²) in [6.07, 6.45) is 7.59. The van der Waals surface area contributed by atoms with Crippen LogP contribution in [0.5, 0.6) is 0 Å². The maximum atomic E-state index is 11.4. The van der Waals surface area contributed by atoms with E-state index in [0.717, 1.165) is 31.8 Å². The molecule has 0 aromatic heterocycles. The Morgan fingerprint density at radius 1 is 1.21 bits per heavy atom. The zero-order chi connectivity index (χ0) is 9.80. The van der Waals surface area contributed by atoms with Crippen LogP contribution in [0.25, 0.3) is 0 Å². The first-order valence-corrected chi connectivity index (χ1v) is 5.87. The zero-order valence-corrected chi connectivity index (χ0v) is 8.72. The van der Waals surface area contributed by atoms with Crippen molar-refractivity contribution in [1.29, 1.82) is 0 Å². The van der Waals surface area contributed by atoms with Crippen molar-refractivity contribution in [2.45, 2.75) is 44.6 Å². The fraction of sp³-hybridized carbons (Fsp3) is 0.909. The Morgan fingerprint density at radius 2 is 2.00 bits per heavy atom. The van der Waals surface area contributed by atoms with E-state index in [1.807, 2.05) is 0 Å². The molecule has 1 saturated carbocycles. The van der Waals surface area contributed by atoms with Crippen LogP contribution >= 0.6 is 0 Å². The molecule has 1 saturated heterocycles. The van der Waals surface area contributed by atoms with Crippen molar-refractivity contribution in [3.63, 3.8) is 0 Å². The monoisotopic (exact) mass is 196 g/mol. The molecule has 80 valence electrons. The SMILES string of the molecule is O=C1NCCCC1NCC1CCCC1. The highest BCUT2D eigenvalue weighted by molar-refractivity contribution is 5.82. The van der Waals surface area contributed by atoms with Crippen molar-refractivity contribution in [3.8, 4) is 0 Å². The van der Waals surface area contributed by atoms with Gasteiger partial charge in [0.25, 0.3) is 0 Å². The van der Waals surface area contributed by atoms with Gasteiger partial charge in [-0.2, -0.15) is 0 Å². The summed E-state index contributed by atoms with van der Waals surface area (Å²) in [5.41, 5.74) is 0. The molecule has 1 unspecified atom stereocenters. The van der Waals surface area contributed by atoms with Crippen molar-refractivity contribution in [3.05, 3.63) is 0 Å². The Morgan fingerprint density at radius 3 is 2.71 bits per heavy atom. The summed E-state index contributed by atoms with van der Waals surface area (Å²) < 4.78 is 0. The number of carbonyl (C=O) groups excluding carboxylic acids is 1. The highest BCUT2D eigenvalue weighted by atomic mass is 16.2. The van der Waals surface area contributed by atoms with E-state index in [4.69, 9.17) is 0 Å². The second-order valence-electron chi connectivity index (χ2n) is 4.54. The first kappa shape index (κ1) is 9.97. The summed E-state index contributed by atoms with van der Waals surface area (Å²) in [6.45, 7) is 1.90. The van der Waals surface area contributed by atoms with Crippen LogP contribution in [0.3, 0.4) is 0 Å². The van der Waals surface area contributed by atoms with Gasteiger partial charge in [0, 0.05) is 6.54 Å². The molecule has 3 heteroatoms. The van der Waals surface area contributed by atoms with E-state index in [2.05, 4.69) is 10.6 Å². The lowest BCUT2D eigenvalue weighted by molar-refractivity contribution is -0.124. The van der Waals surface area contributed by atoms with Gasteiger partial charge < -0.3 is 10.6 Å². The number of nitrogens with one attached hydrogen (secondary N) is 2. The zero-order valence-electron chi connectivity index (χ0n) is 8.72. The third-order valence-corrected chi connectivity index (χ3v) is 3.41. The number of hydrogen-bond donors (Lipinski definition) is 2. The molecule has 0 aromatic carbocycles. The van der Waals surface area contributed by atoms with Crippen molar-refractivity contribution in [2.24, 2.45) is 5.92 Å². The van der Waals surface area contributed by atoms with Crippen LogP contribution < -0.4 is 10.6 Å². The second kappa shape index (κ2) is 4.78. The molecule has 0 bridgehead atoms. The van der Waals surface area contributed by atoms with E-state index in [-0.39, 0.29) is 11.9 Å². The van der Waals surface area contributed by atoms with Crippen molar-refractivity contribution in [1.82, 2.24) is 10.6 Å². The normalized spacial score (nSPS) is 29.1. The molecule has 0 spiro atoms. The molecular formula is C11H20N2O. The molecule has 1 amide bonds. The Kier molecular flexibility index (Phi) is 3.40. The van der Waals surface area contributed by atoms with E-state index in [0.29, 0.717) is 0 Å². The average molecular weight is 196 g/mol.